The lowest BCUT2D eigenvalue weighted by Gasteiger charge is -2.04. The number of carboxylic acids is 1. The van der Waals surface area contributed by atoms with Gasteiger partial charge >= 0.3 is 5.97 Å². The van der Waals surface area contributed by atoms with E-state index in [-0.39, 0.29) is 5.01 Å². The summed E-state index contributed by atoms with van der Waals surface area (Å²) in [5.41, 5.74) is 1.74. The van der Waals surface area contributed by atoms with E-state index in [0.29, 0.717) is 26.3 Å². The van der Waals surface area contributed by atoms with Crippen LogP contribution in [0.5, 0.6) is 0 Å². The van der Waals surface area contributed by atoms with Crippen molar-refractivity contribution in [1.82, 2.24) is 10.3 Å². The summed E-state index contributed by atoms with van der Waals surface area (Å²) in [4.78, 5) is 14.5. The van der Waals surface area contributed by atoms with E-state index in [0.717, 1.165) is 22.6 Å². The number of carboxylic acid groups (broad SMARTS) is 1. The summed E-state index contributed by atoms with van der Waals surface area (Å²) in [6, 6.07) is 0. The maximum atomic E-state index is 10.6. The van der Waals surface area contributed by atoms with Crippen molar-refractivity contribution in [3.8, 4) is 0 Å². The standard InChI is InChI=1S/C11H16N2O3S/c1-8(2)6-16-4-3-12-5-9-7-17-10(13-9)11(14)15/h7,12H,1,3-6H2,2H3,(H,14,15). The van der Waals surface area contributed by atoms with Gasteiger partial charge < -0.3 is 15.2 Å². The fourth-order valence-corrected chi connectivity index (χ4v) is 1.75. The van der Waals surface area contributed by atoms with Crippen molar-refractivity contribution in [3.05, 3.63) is 28.2 Å². The fraction of sp³-hybridized carbons (Fsp3) is 0.455. The molecule has 0 atom stereocenters. The lowest BCUT2D eigenvalue weighted by molar-refractivity contribution is 0.0696. The zero-order valence-electron chi connectivity index (χ0n) is 9.73. The SMILES string of the molecule is C=C(C)COCCNCc1csc(C(=O)O)n1. The summed E-state index contributed by atoms with van der Waals surface area (Å²) in [6.07, 6.45) is 0. The molecule has 17 heavy (non-hydrogen) atoms. The molecule has 0 aliphatic rings. The third kappa shape index (κ3) is 5.58. The molecule has 6 heteroatoms. The van der Waals surface area contributed by atoms with E-state index < -0.39 is 5.97 Å². The number of rotatable bonds is 8. The summed E-state index contributed by atoms with van der Waals surface area (Å²) in [6.45, 7) is 8.07. The second-order valence-electron chi connectivity index (χ2n) is 3.64. The Bertz CT molecular complexity index is 390. The molecule has 0 bridgehead atoms. The third-order valence-corrected chi connectivity index (χ3v) is 2.69. The number of nitrogens with one attached hydrogen (secondary N) is 1. The predicted octanol–water partition coefficient (Wildman–Crippen LogP) is 1.52. The van der Waals surface area contributed by atoms with E-state index in [1.807, 2.05) is 6.92 Å². The van der Waals surface area contributed by atoms with Gasteiger partial charge in [0.25, 0.3) is 0 Å². The molecular formula is C11H16N2O3S. The average molecular weight is 256 g/mol. The van der Waals surface area contributed by atoms with Crippen LogP contribution in [0, 0.1) is 0 Å². The molecule has 94 valence electrons. The van der Waals surface area contributed by atoms with E-state index in [4.69, 9.17) is 9.84 Å². The minimum absolute atomic E-state index is 0.125. The molecule has 0 aromatic carbocycles. The summed E-state index contributed by atoms with van der Waals surface area (Å²) < 4.78 is 5.30. The van der Waals surface area contributed by atoms with Crippen LogP contribution in [0.3, 0.4) is 0 Å². The number of carbonyl (C=O) groups is 1. The molecule has 5 nitrogen and oxygen atoms in total. The topological polar surface area (TPSA) is 71.5 Å². The molecule has 0 unspecified atom stereocenters. The zero-order chi connectivity index (χ0) is 12.7. The Hall–Kier alpha value is -1.24. The normalized spacial score (nSPS) is 10.4. The molecule has 0 amide bonds. The lowest BCUT2D eigenvalue weighted by Crippen LogP contribution is -2.19. The highest BCUT2D eigenvalue weighted by atomic mass is 32.1. The first-order valence-corrected chi connectivity index (χ1v) is 6.08. The fourth-order valence-electron chi connectivity index (χ4n) is 1.09. The van der Waals surface area contributed by atoms with Gasteiger partial charge in [0.15, 0.2) is 0 Å². The molecule has 0 aliphatic carbocycles. The molecular weight excluding hydrogens is 240 g/mol. The van der Waals surface area contributed by atoms with Crippen LogP contribution in [0.15, 0.2) is 17.5 Å². The van der Waals surface area contributed by atoms with E-state index in [1.54, 1.807) is 5.38 Å². The molecule has 1 aromatic heterocycles. The van der Waals surface area contributed by atoms with Gasteiger partial charge in [-0.05, 0) is 6.92 Å². The molecule has 1 rings (SSSR count). The molecule has 0 saturated heterocycles. The molecule has 0 fully saturated rings. The van der Waals surface area contributed by atoms with Crippen molar-refractivity contribution < 1.29 is 14.6 Å². The summed E-state index contributed by atoms with van der Waals surface area (Å²) in [7, 11) is 0. The van der Waals surface area contributed by atoms with Crippen LogP contribution in [0.2, 0.25) is 0 Å². The van der Waals surface area contributed by atoms with Crippen molar-refractivity contribution in [2.45, 2.75) is 13.5 Å². The van der Waals surface area contributed by atoms with E-state index in [1.165, 1.54) is 0 Å². The molecule has 1 heterocycles. The van der Waals surface area contributed by atoms with E-state index >= 15 is 0 Å². The number of hydrogen-bond acceptors (Lipinski definition) is 5. The minimum atomic E-state index is -0.981. The highest BCUT2D eigenvalue weighted by Crippen LogP contribution is 2.08. The number of thiazole rings is 1. The van der Waals surface area contributed by atoms with Gasteiger partial charge in [-0.15, -0.1) is 11.3 Å². The first-order valence-electron chi connectivity index (χ1n) is 5.20. The van der Waals surface area contributed by atoms with Crippen LogP contribution in [0.4, 0.5) is 0 Å². The van der Waals surface area contributed by atoms with Gasteiger partial charge in [0, 0.05) is 18.5 Å². The minimum Gasteiger partial charge on any atom is -0.476 e. The number of nitrogens with zero attached hydrogens (tertiary/aromatic N) is 1. The van der Waals surface area contributed by atoms with Crippen LogP contribution < -0.4 is 5.32 Å². The number of aromatic carboxylic acids is 1. The zero-order valence-corrected chi connectivity index (χ0v) is 10.5. The Labute approximate surface area is 104 Å². The van der Waals surface area contributed by atoms with E-state index in [2.05, 4.69) is 16.9 Å². The average Bonchev–Trinajstić information content (AvgIpc) is 2.71. The van der Waals surface area contributed by atoms with Gasteiger partial charge in [0.2, 0.25) is 5.01 Å². The third-order valence-electron chi connectivity index (χ3n) is 1.81. The monoisotopic (exact) mass is 256 g/mol. The second-order valence-corrected chi connectivity index (χ2v) is 4.49. The molecule has 2 N–H and O–H groups in total. The maximum absolute atomic E-state index is 10.6. The molecule has 0 aliphatic heterocycles. The quantitative estimate of drug-likeness (QED) is 0.545. The predicted molar refractivity (Wildman–Crippen MR) is 66.4 cm³/mol. The van der Waals surface area contributed by atoms with Crippen LogP contribution in [0.1, 0.15) is 22.4 Å². The molecule has 0 spiro atoms. The number of hydrogen-bond donors (Lipinski definition) is 2. The summed E-state index contributed by atoms with van der Waals surface area (Å²) >= 11 is 1.14. The number of ether oxygens (including phenoxy) is 1. The van der Waals surface area contributed by atoms with Crippen molar-refractivity contribution in [3.63, 3.8) is 0 Å². The summed E-state index contributed by atoms with van der Waals surface area (Å²) in [5.74, 6) is -0.981. The van der Waals surface area contributed by atoms with Crippen molar-refractivity contribution in [2.75, 3.05) is 19.8 Å². The van der Waals surface area contributed by atoms with E-state index in [9.17, 15) is 4.79 Å². The van der Waals surface area contributed by atoms with Crippen molar-refractivity contribution in [2.24, 2.45) is 0 Å². The molecule has 1 aromatic rings. The van der Waals surface area contributed by atoms with Gasteiger partial charge in [0.05, 0.1) is 18.9 Å². The Morgan fingerprint density at radius 1 is 1.71 bits per heavy atom. The largest absolute Gasteiger partial charge is 0.476 e. The first-order chi connectivity index (χ1) is 8.09. The second kappa shape index (κ2) is 7.16. The highest BCUT2D eigenvalue weighted by Gasteiger charge is 2.07. The number of aromatic nitrogens is 1. The van der Waals surface area contributed by atoms with Crippen LogP contribution in [0.25, 0.3) is 0 Å². The Morgan fingerprint density at radius 3 is 3.06 bits per heavy atom. The Kier molecular flexibility index (Phi) is 5.82. The van der Waals surface area contributed by atoms with Crippen molar-refractivity contribution >= 4 is 17.3 Å². The Balaban J connectivity index is 2.13. The van der Waals surface area contributed by atoms with Gasteiger partial charge in [-0.2, -0.15) is 0 Å². The van der Waals surface area contributed by atoms with Gasteiger partial charge in [0.1, 0.15) is 0 Å². The smallest absolute Gasteiger partial charge is 0.365 e. The van der Waals surface area contributed by atoms with Gasteiger partial charge in [-0.25, -0.2) is 9.78 Å². The Morgan fingerprint density at radius 2 is 2.47 bits per heavy atom. The van der Waals surface area contributed by atoms with Crippen molar-refractivity contribution in [1.29, 1.82) is 0 Å². The summed E-state index contributed by atoms with van der Waals surface area (Å²) in [5, 5.41) is 13.7. The van der Waals surface area contributed by atoms with Crippen LogP contribution >= 0.6 is 11.3 Å². The molecule has 0 saturated carbocycles. The first kappa shape index (κ1) is 13.8. The maximum Gasteiger partial charge on any atom is 0.365 e. The lowest BCUT2D eigenvalue weighted by atomic mass is 10.4. The van der Waals surface area contributed by atoms with Gasteiger partial charge in [-0.3, -0.25) is 0 Å². The van der Waals surface area contributed by atoms with Crippen LogP contribution in [-0.2, 0) is 11.3 Å². The molecule has 0 radical (unpaired) electrons. The van der Waals surface area contributed by atoms with Crippen LogP contribution in [-0.4, -0.2) is 35.8 Å². The van der Waals surface area contributed by atoms with Gasteiger partial charge in [-0.1, -0.05) is 12.2 Å². The highest BCUT2D eigenvalue weighted by molar-refractivity contribution is 7.11.